The lowest BCUT2D eigenvalue weighted by atomic mass is 9.74. The number of hydrogen-bond donors (Lipinski definition) is 1. The molecule has 3 atom stereocenters. The number of nitrogens with zero attached hydrogens (tertiary/aromatic N) is 2. The van der Waals surface area contributed by atoms with Crippen molar-refractivity contribution in [2.45, 2.75) is 64.0 Å². The SMILES string of the molecule is CC1(N)CCCCC1C(=O)N1CCC2(CCCN(Cc3ccccc3)C2)C1.Cl.Cl. The van der Waals surface area contributed by atoms with Crippen LogP contribution in [0.15, 0.2) is 30.3 Å². The number of amides is 1. The number of piperidine rings is 1. The van der Waals surface area contributed by atoms with Crippen LogP contribution in [0.1, 0.15) is 57.4 Å². The van der Waals surface area contributed by atoms with Crippen LogP contribution in [0.25, 0.3) is 0 Å². The molecule has 0 bridgehead atoms. The topological polar surface area (TPSA) is 49.6 Å². The van der Waals surface area contributed by atoms with E-state index < -0.39 is 0 Å². The molecule has 29 heavy (non-hydrogen) atoms. The Morgan fingerprint density at radius 2 is 1.79 bits per heavy atom. The molecule has 2 N–H and O–H groups in total. The maximum atomic E-state index is 13.2. The van der Waals surface area contributed by atoms with E-state index in [1.54, 1.807) is 0 Å². The number of nitrogens with two attached hydrogens (primary N) is 1. The minimum Gasteiger partial charge on any atom is -0.342 e. The van der Waals surface area contributed by atoms with Gasteiger partial charge in [0.05, 0.1) is 5.92 Å². The van der Waals surface area contributed by atoms with Crippen LogP contribution < -0.4 is 5.73 Å². The molecule has 1 spiro atoms. The summed E-state index contributed by atoms with van der Waals surface area (Å²) in [5, 5.41) is 0. The van der Waals surface area contributed by atoms with E-state index >= 15 is 0 Å². The third-order valence-electron chi connectivity index (χ3n) is 7.29. The predicted molar refractivity (Wildman–Crippen MR) is 124 cm³/mol. The summed E-state index contributed by atoms with van der Waals surface area (Å²) >= 11 is 0. The molecule has 3 unspecified atom stereocenters. The van der Waals surface area contributed by atoms with Crippen LogP contribution in [0.4, 0.5) is 0 Å². The minimum absolute atomic E-state index is 0. The molecule has 4 nitrogen and oxygen atoms in total. The Morgan fingerprint density at radius 1 is 1.03 bits per heavy atom. The summed E-state index contributed by atoms with van der Waals surface area (Å²) in [4.78, 5) is 18.0. The first kappa shape index (κ1) is 24.5. The van der Waals surface area contributed by atoms with E-state index in [1.165, 1.54) is 24.9 Å². The Bertz CT molecular complexity index is 669. The van der Waals surface area contributed by atoms with Crippen molar-refractivity contribution in [3.05, 3.63) is 35.9 Å². The largest absolute Gasteiger partial charge is 0.342 e. The fourth-order valence-corrected chi connectivity index (χ4v) is 5.73. The fourth-order valence-electron chi connectivity index (χ4n) is 5.73. The molecule has 164 valence electrons. The van der Waals surface area contributed by atoms with Crippen LogP contribution in [0.2, 0.25) is 0 Å². The lowest BCUT2D eigenvalue weighted by Gasteiger charge is -2.42. The van der Waals surface area contributed by atoms with E-state index in [0.717, 1.165) is 58.3 Å². The number of carbonyl (C=O) groups is 1. The Kier molecular flexibility index (Phi) is 8.43. The van der Waals surface area contributed by atoms with Gasteiger partial charge in [0.15, 0.2) is 0 Å². The van der Waals surface area contributed by atoms with Gasteiger partial charge in [-0.05, 0) is 51.1 Å². The van der Waals surface area contributed by atoms with Crippen molar-refractivity contribution in [1.82, 2.24) is 9.80 Å². The third-order valence-corrected chi connectivity index (χ3v) is 7.29. The van der Waals surface area contributed by atoms with Crippen LogP contribution in [-0.2, 0) is 11.3 Å². The summed E-state index contributed by atoms with van der Waals surface area (Å²) in [6, 6.07) is 10.8. The summed E-state index contributed by atoms with van der Waals surface area (Å²) in [6.07, 6.45) is 7.91. The van der Waals surface area contributed by atoms with Gasteiger partial charge in [0.1, 0.15) is 0 Å². The maximum absolute atomic E-state index is 13.2. The molecule has 2 heterocycles. The first-order valence-corrected chi connectivity index (χ1v) is 10.8. The molecular formula is C23H37Cl2N3O. The van der Waals surface area contributed by atoms with E-state index in [-0.39, 0.29) is 36.3 Å². The smallest absolute Gasteiger partial charge is 0.227 e. The van der Waals surface area contributed by atoms with Crippen molar-refractivity contribution in [3.63, 3.8) is 0 Å². The van der Waals surface area contributed by atoms with Crippen molar-refractivity contribution in [1.29, 1.82) is 0 Å². The number of halogens is 2. The molecule has 1 saturated carbocycles. The summed E-state index contributed by atoms with van der Waals surface area (Å²) in [5.74, 6) is 0.349. The monoisotopic (exact) mass is 441 g/mol. The molecule has 1 aromatic rings. The molecule has 4 rings (SSSR count). The van der Waals surface area contributed by atoms with E-state index in [1.807, 2.05) is 0 Å². The number of carbonyl (C=O) groups excluding carboxylic acids is 1. The molecule has 3 aliphatic rings. The van der Waals surface area contributed by atoms with Gasteiger partial charge in [0.2, 0.25) is 5.91 Å². The first-order chi connectivity index (χ1) is 13.0. The molecule has 0 radical (unpaired) electrons. The summed E-state index contributed by atoms with van der Waals surface area (Å²) in [5.41, 5.74) is 7.87. The molecule has 1 aromatic carbocycles. The van der Waals surface area contributed by atoms with Crippen molar-refractivity contribution in [3.8, 4) is 0 Å². The van der Waals surface area contributed by atoms with Crippen molar-refractivity contribution < 1.29 is 4.79 Å². The normalized spacial score (nSPS) is 32.5. The molecule has 6 heteroatoms. The molecule has 3 fully saturated rings. The first-order valence-electron chi connectivity index (χ1n) is 10.8. The number of benzene rings is 1. The fraction of sp³-hybridized carbons (Fsp3) is 0.696. The van der Waals surface area contributed by atoms with Gasteiger partial charge >= 0.3 is 0 Å². The van der Waals surface area contributed by atoms with E-state index in [2.05, 4.69) is 47.1 Å². The summed E-state index contributed by atoms with van der Waals surface area (Å²) in [6.45, 7) is 7.27. The molecular weight excluding hydrogens is 405 g/mol. The molecule has 1 aliphatic carbocycles. The average Bonchev–Trinajstić information content (AvgIpc) is 3.05. The van der Waals surface area contributed by atoms with Gasteiger partial charge in [0.25, 0.3) is 0 Å². The van der Waals surface area contributed by atoms with E-state index in [9.17, 15) is 4.79 Å². The number of hydrogen-bond acceptors (Lipinski definition) is 3. The van der Waals surface area contributed by atoms with Crippen LogP contribution in [0.5, 0.6) is 0 Å². The molecule has 2 saturated heterocycles. The summed E-state index contributed by atoms with van der Waals surface area (Å²) < 4.78 is 0. The highest BCUT2D eigenvalue weighted by Gasteiger charge is 2.46. The van der Waals surface area contributed by atoms with Crippen LogP contribution in [0, 0.1) is 11.3 Å². The zero-order valence-electron chi connectivity index (χ0n) is 17.6. The molecule has 0 aromatic heterocycles. The average molecular weight is 442 g/mol. The van der Waals surface area contributed by atoms with Gasteiger partial charge in [0, 0.05) is 37.1 Å². The van der Waals surface area contributed by atoms with Crippen molar-refractivity contribution in [2.75, 3.05) is 26.2 Å². The van der Waals surface area contributed by atoms with Crippen LogP contribution in [-0.4, -0.2) is 47.4 Å². The second-order valence-corrected chi connectivity index (χ2v) is 9.61. The number of rotatable bonds is 3. The zero-order chi connectivity index (χ0) is 18.9. The van der Waals surface area contributed by atoms with E-state index in [0.29, 0.717) is 11.3 Å². The number of likely N-dealkylation sites (tertiary alicyclic amines) is 2. The Morgan fingerprint density at radius 3 is 2.52 bits per heavy atom. The lowest BCUT2D eigenvalue weighted by Crippen LogP contribution is -2.54. The predicted octanol–water partition coefficient (Wildman–Crippen LogP) is 4.25. The Labute approximate surface area is 188 Å². The van der Waals surface area contributed by atoms with Gasteiger partial charge < -0.3 is 10.6 Å². The standard InChI is InChI=1S/C23H35N3O.2ClH/c1-22(24)11-6-5-10-20(22)21(27)26-15-13-23(18-26)12-7-14-25(17-23)16-19-8-3-2-4-9-19;;/h2-4,8-9,20H,5-7,10-18,24H2,1H3;2*1H. The molecule has 1 amide bonds. The highest BCUT2D eigenvalue weighted by Crippen LogP contribution is 2.41. The molecule has 2 aliphatic heterocycles. The Hall–Kier alpha value is -0.810. The van der Waals surface area contributed by atoms with Crippen LogP contribution in [0.3, 0.4) is 0 Å². The zero-order valence-corrected chi connectivity index (χ0v) is 19.3. The van der Waals surface area contributed by atoms with Gasteiger partial charge in [-0.3, -0.25) is 9.69 Å². The minimum atomic E-state index is -0.322. The van der Waals surface area contributed by atoms with E-state index in [4.69, 9.17) is 5.73 Å². The quantitative estimate of drug-likeness (QED) is 0.762. The van der Waals surface area contributed by atoms with Crippen LogP contribution >= 0.6 is 24.8 Å². The second kappa shape index (κ2) is 10.00. The van der Waals surface area contributed by atoms with Gasteiger partial charge in [-0.2, -0.15) is 0 Å². The summed E-state index contributed by atoms with van der Waals surface area (Å²) in [7, 11) is 0. The highest BCUT2D eigenvalue weighted by atomic mass is 35.5. The Balaban J connectivity index is 0.00000150. The van der Waals surface area contributed by atoms with Crippen molar-refractivity contribution in [2.24, 2.45) is 17.1 Å². The lowest BCUT2D eigenvalue weighted by molar-refractivity contribution is -0.138. The second-order valence-electron chi connectivity index (χ2n) is 9.61. The highest BCUT2D eigenvalue weighted by molar-refractivity contribution is 5.85. The van der Waals surface area contributed by atoms with Crippen molar-refractivity contribution >= 4 is 30.7 Å². The van der Waals surface area contributed by atoms with Gasteiger partial charge in [-0.1, -0.05) is 43.2 Å². The van der Waals surface area contributed by atoms with Gasteiger partial charge in [-0.25, -0.2) is 0 Å². The maximum Gasteiger partial charge on any atom is 0.227 e. The van der Waals surface area contributed by atoms with Gasteiger partial charge in [-0.15, -0.1) is 24.8 Å². The third kappa shape index (κ3) is 5.46.